The summed E-state index contributed by atoms with van der Waals surface area (Å²) in [6.45, 7) is 0.920. The van der Waals surface area contributed by atoms with E-state index in [1.807, 2.05) is 24.3 Å². The maximum Gasteiger partial charge on any atom is 0.227 e. The van der Waals surface area contributed by atoms with E-state index in [1.165, 1.54) is 13.4 Å². The molecule has 0 atom stereocenters. The Morgan fingerprint density at radius 1 is 1.14 bits per heavy atom. The molecule has 0 bridgehead atoms. The zero-order valence-electron chi connectivity index (χ0n) is 15.7. The zero-order valence-corrected chi connectivity index (χ0v) is 16.5. The molecule has 1 amide bonds. The summed E-state index contributed by atoms with van der Waals surface area (Å²) in [6, 6.07) is 8.13. The molecule has 2 aromatic rings. The summed E-state index contributed by atoms with van der Waals surface area (Å²) >= 11 is 5.78. The van der Waals surface area contributed by atoms with Gasteiger partial charge in [0.25, 0.3) is 0 Å². The van der Waals surface area contributed by atoms with Crippen LogP contribution < -0.4 is 10.6 Å². The molecule has 1 aromatic heterocycles. The number of nitrogens with zero attached hydrogens (tertiary/aromatic N) is 3. The lowest BCUT2D eigenvalue weighted by Gasteiger charge is -2.28. The van der Waals surface area contributed by atoms with Crippen LogP contribution in [0, 0.1) is 5.92 Å². The molecular formula is C19H24ClN5O3. The van der Waals surface area contributed by atoms with Crippen LogP contribution in [-0.4, -0.2) is 34.0 Å². The van der Waals surface area contributed by atoms with Gasteiger partial charge < -0.3 is 10.6 Å². The Bertz CT molecular complexity index is 766. The summed E-state index contributed by atoms with van der Waals surface area (Å²) in [5, 5.41) is 6.47. The Balaban J connectivity index is 1.40. The van der Waals surface area contributed by atoms with E-state index in [0.29, 0.717) is 19.1 Å². The maximum atomic E-state index is 12.5. The monoisotopic (exact) mass is 405 g/mol. The molecule has 1 aromatic carbocycles. The van der Waals surface area contributed by atoms with E-state index >= 15 is 0 Å². The number of benzene rings is 1. The van der Waals surface area contributed by atoms with Crippen molar-refractivity contribution >= 4 is 23.5 Å². The summed E-state index contributed by atoms with van der Waals surface area (Å²) in [7, 11) is 1.48. The summed E-state index contributed by atoms with van der Waals surface area (Å²) in [4.78, 5) is 33.8. The lowest BCUT2D eigenvalue weighted by Crippen LogP contribution is -2.35. The molecule has 0 aliphatic heterocycles. The lowest BCUT2D eigenvalue weighted by molar-refractivity contribution is -0.282. The summed E-state index contributed by atoms with van der Waals surface area (Å²) in [5.41, 5.74) is 2.07. The number of hydrogen-bond donors (Lipinski definition) is 2. The van der Waals surface area contributed by atoms with Crippen molar-refractivity contribution in [3.63, 3.8) is 0 Å². The van der Waals surface area contributed by atoms with Crippen molar-refractivity contribution in [1.29, 1.82) is 0 Å². The third kappa shape index (κ3) is 6.12. The van der Waals surface area contributed by atoms with Gasteiger partial charge in [-0.2, -0.15) is 4.98 Å². The van der Waals surface area contributed by atoms with Gasteiger partial charge in [0.15, 0.2) is 0 Å². The van der Waals surface area contributed by atoms with Gasteiger partial charge in [-0.05, 0) is 48.4 Å². The second-order valence-corrected chi connectivity index (χ2v) is 7.07. The van der Waals surface area contributed by atoms with E-state index in [9.17, 15) is 4.79 Å². The highest BCUT2D eigenvalue weighted by Gasteiger charge is 2.26. The molecule has 9 heteroatoms. The van der Waals surface area contributed by atoms with Crippen LogP contribution in [0.2, 0.25) is 5.28 Å². The van der Waals surface area contributed by atoms with Gasteiger partial charge in [-0.3, -0.25) is 4.79 Å². The Morgan fingerprint density at radius 3 is 2.54 bits per heavy atom. The number of hydrogen-bond acceptors (Lipinski definition) is 7. The zero-order chi connectivity index (χ0) is 19.8. The first-order chi connectivity index (χ1) is 13.6. The van der Waals surface area contributed by atoms with Crippen LogP contribution in [0.3, 0.4) is 0 Å². The van der Waals surface area contributed by atoms with Crippen LogP contribution in [0.1, 0.15) is 36.8 Å². The number of nitrogens with one attached hydrogen (secondary N) is 2. The van der Waals surface area contributed by atoms with Crippen molar-refractivity contribution in [2.75, 3.05) is 12.4 Å². The number of halogens is 1. The fraction of sp³-hybridized carbons (Fsp3) is 0.474. The fourth-order valence-electron chi connectivity index (χ4n) is 3.24. The minimum Gasteiger partial charge on any atom is -0.352 e. The number of carbonyl (C=O) groups is 1. The number of rotatable bonds is 8. The van der Waals surface area contributed by atoms with Crippen molar-refractivity contribution in [1.82, 2.24) is 20.3 Å². The minimum atomic E-state index is 0.0365. The summed E-state index contributed by atoms with van der Waals surface area (Å²) in [6.07, 6.45) is 4.81. The van der Waals surface area contributed by atoms with Gasteiger partial charge in [-0.25, -0.2) is 19.7 Å². The predicted octanol–water partition coefficient (Wildman–Crippen LogP) is 2.89. The van der Waals surface area contributed by atoms with Gasteiger partial charge >= 0.3 is 0 Å². The highest BCUT2D eigenvalue weighted by Crippen LogP contribution is 2.26. The van der Waals surface area contributed by atoms with Crippen molar-refractivity contribution in [2.45, 2.75) is 44.9 Å². The average molecular weight is 406 g/mol. The molecule has 0 unspecified atom stereocenters. The van der Waals surface area contributed by atoms with Gasteiger partial charge in [0.05, 0.1) is 7.11 Å². The first-order valence-electron chi connectivity index (χ1n) is 9.26. The molecule has 1 heterocycles. The number of aromatic nitrogens is 3. The molecule has 8 nitrogen and oxygen atoms in total. The van der Waals surface area contributed by atoms with Crippen molar-refractivity contribution < 1.29 is 14.6 Å². The van der Waals surface area contributed by atoms with Gasteiger partial charge in [-0.1, -0.05) is 24.3 Å². The van der Waals surface area contributed by atoms with Gasteiger partial charge in [-0.15, -0.1) is 0 Å². The van der Waals surface area contributed by atoms with Gasteiger partial charge in [0.1, 0.15) is 12.9 Å². The molecule has 28 heavy (non-hydrogen) atoms. The normalized spacial score (nSPS) is 19.2. The highest BCUT2D eigenvalue weighted by molar-refractivity contribution is 6.28. The van der Waals surface area contributed by atoms with E-state index < -0.39 is 0 Å². The molecule has 0 spiro atoms. The SMILES string of the molecule is COOCc1ccc(CNC(=O)C2CCC(Nc3ncnc(Cl)n3)CC2)cc1. The smallest absolute Gasteiger partial charge is 0.227 e. The third-order valence-electron chi connectivity index (χ3n) is 4.81. The molecule has 150 valence electrons. The van der Waals surface area contributed by atoms with Crippen molar-refractivity contribution in [2.24, 2.45) is 5.92 Å². The van der Waals surface area contributed by atoms with E-state index in [4.69, 9.17) is 16.5 Å². The largest absolute Gasteiger partial charge is 0.352 e. The Labute approximate surface area is 169 Å². The van der Waals surface area contributed by atoms with Crippen LogP contribution >= 0.6 is 11.6 Å². The first-order valence-corrected chi connectivity index (χ1v) is 9.64. The van der Waals surface area contributed by atoms with Crippen LogP contribution in [0.5, 0.6) is 0 Å². The van der Waals surface area contributed by atoms with Crippen LogP contribution in [-0.2, 0) is 27.7 Å². The van der Waals surface area contributed by atoms with Crippen LogP contribution in [0.4, 0.5) is 5.95 Å². The topological polar surface area (TPSA) is 98.3 Å². The lowest BCUT2D eigenvalue weighted by atomic mass is 9.85. The number of carbonyl (C=O) groups excluding carboxylic acids is 1. The quantitative estimate of drug-likeness (QED) is 0.514. The van der Waals surface area contributed by atoms with Gasteiger partial charge in [0.2, 0.25) is 17.1 Å². The van der Waals surface area contributed by atoms with E-state index in [0.717, 1.165) is 36.8 Å². The molecule has 0 saturated heterocycles. The number of anilines is 1. The second-order valence-electron chi connectivity index (χ2n) is 6.73. The van der Waals surface area contributed by atoms with Crippen molar-refractivity contribution in [3.8, 4) is 0 Å². The molecule has 2 N–H and O–H groups in total. The van der Waals surface area contributed by atoms with E-state index in [2.05, 4.69) is 30.5 Å². The Kier molecular flexibility index (Phi) is 7.53. The minimum absolute atomic E-state index is 0.0365. The molecular weight excluding hydrogens is 382 g/mol. The van der Waals surface area contributed by atoms with Crippen LogP contribution in [0.15, 0.2) is 30.6 Å². The summed E-state index contributed by atoms with van der Waals surface area (Å²) in [5.74, 6) is 0.620. The molecule has 1 fully saturated rings. The standard InChI is InChI=1S/C19H24ClN5O3/c1-27-28-11-14-4-2-13(3-5-14)10-21-17(26)15-6-8-16(9-7-15)24-19-23-12-22-18(20)25-19/h2-5,12,15-16H,6-11H2,1H3,(H,21,26)(H,22,23,24,25). The van der Waals surface area contributed by atoms with E-state index in [1.54, 1.807) is 0 Å². The average Bonchev–Trinajstić information content (AvgIpc) is 2.72. The summed E-state index contributed by atoms with van der Waals surface area (Å²) < 4.78 is 0. The first kappa shape index (κ1) is 20.4. The molecule has 0 radical (unpaired) electrons. The highest BCUT2D eigenvalue weighted by atomic mass is 35.5. The Hall–Kier alpha value is -2.29. The molecule has 3 rings (SSSR count). The predicted molar refractivity (Wildman–Crippen MR) is 104 cm³/mol. The number of amides is 1. The Morgan fingerprint density at radius 2 is 1.86 bits per heavy atom. The van der Waals surface area contributed by atoms with Crippen molar-refractivity contribution in [3.05, 3.63) is 47.0 Å². The maximum absolute atomic E-state index is 12.5. The molecule has 1 aliphatic rings. The van der Waals surface area contributed by atoms with Crippen LogP contribution in [0.25, 0.3) is 0 Å². The fourth-order valence-corrected chi connectivity index (χ4v) is 3.37. The second kappa shape index (κ2) is 10.3. The van der Waals surface area contributed by atoms with E-state index in [-0.39, 0.29) is 23.2 Å². The molecule has 1 saturated carbocycles. The van der Waals surface area contributed by atoms with Gasteiger partial charge in [0, 0.05) is 18.5 Å². The molecule has 1 aliphatic carbocycles. The third-order valence-corrected chi connectivity index (χ3v) is 4.99.